The van der Waals surface area contributed by atoms with Gasteiger partial charge in [-0.1, -0.05) is 41.5 Å². The molecule has 0 bridgehead atoms. The van der Waals surface area contributed by atoms with Gasteiger partial charge in [-0.3, -0.25) is 0 Å². The first-order valence-corrected chi connectivity index (χ1v) is 13.3. The Hall–Kier alpha value is 1.84. The van der Waals surface area contributed by atoms with Crippen LogP contribution in [0.15, 0.2) is 0 Å². The third-order valence-electron chi connectivity index (χ3n) is 0.750. The molecule has 0 amide bonds. The summed E-state index contributed by atoms with van der Waals surface area (Å²) in [6.07, 6.45) is 0. The SMILES string of the molecule is CC(C)(C)PC(C)(C)C.[Cl][Ge]([Cl])[Cl]. The summed E-state index contributed by atoms with van der Waals surface area (Å²) in [4.78, 5) is 0. The van der Waals surface area contributed by atoms with Gasteiger partial charge in [0.25, 0.3) is 0 Å². The predicted octanol–water partition coefficient (Wildman–Crippen LogP) is 4.95. The van der Waals surface area contributed by atoms with Crippen molar-refractivity contribution in [1.82, 2.24) is 0 Å². The quantitative estimate of drug-likeness (QED) is 0.437. The van der Waals surface area contributed by atoms with E-state index in [0.29, 0.717) is 10.3 Å². The summed E-state index contributed by atoms with van der Waals surface area (Å²) in [7, 11) is 16.0. The Morgan fingerprint density at radius 2 is 0.923 bits per heavy atom. The molecule has 13 heavy (non-hydrogen) atoms. The molecule has 0 aliphatic rings. The maximum absolute atomic E-state index is 4.97. The summed E-state index contributed by atoms with van der Waals surface area (Å²) in [6, 6.07) is 0. The summed E-state index contributed by atoms with van der Waals surface area (Å²) >= 11 is -1.92. The summed E-state index contributed by atoms with van der Waals surface area (Å²) < 4.78 is 0. The Bertz CT molecular complexity index is 112. The standard InChI is InChI=1S/C8H19P.Cl3Ge/c1-7(2,3)9-8(4,5)6;1-4(2)3/h9H,1-6H3;. The molecule has 0 saturated carbocycles. The van der Waals surface area contributed by atoms with Gasteiger partial charge in [-0.2, -0.15) is 0 Å². The first-order valence-electron chi connectivity index (χ1n) is 4.07. The van der Waals surface area contributed by atoms with Crippen LogP contribution in [0.25, 0.3) is 0 Å². The molecule has 0 saturated heterocycles. The monoisotopic (exact) mass is 325 g/mol. The molecule has 0 aliphatic heterocycles. The third-order valence-corrected chi connectivity index (χ3v) is 2.25. The zero-order valence-electron chi connectivity index (χ0n) is 9.13. The second-order valence-corrected chi connectivity index (χ2v) is 17.9. The first kappa shape index (κ1) is 17.2. The number of rotatable bonds is 0. The summed E-state index contributed by atoms with van der Waals surface area (Å²) in [5.41, 5.74) is 0. The van der Waals surface area contributed by atoms with Gasteiger partial charge in [-0.25, -0.2) is 0 Å². The zero-order valence-corrected chi connectivity index (χ0v) is 14.5. The van der Waals surface area contributed by atoms with Crippen LogP contribution >= 0.6 is 38.6 Å². The average Bonchev–Trinajstić information content (AvgIpc) is 1.47. The van der Waals surface area contributed by atoms with E-state index in [0.717, 1.165) is 8.58 Å². The Morgan fingerprint density at radius 1 is 0.769 bits per heavy atom. The van der Waals surface area contributed by atoms with Crippen LogP contribution in [-0.4, -0.2) is 21.9 Å². The van der Waals surface area contributed by atoms with Crippen LogP contribution in [0.5, 0.6) is 0 Å². The minimum atomic E-state index is -1.92. The van der Waals surface area contributed by atoms with E-state index in [-0.39, 0.29) is 0 Å². The first-order chi connectivity index (χ1) is 5.44. The fraction of sp³-hybridized carbons (Fsp3) is 1.00. The van der Waals surface area contributed by atoms with Crippen LogP contribution in [0.3, 0.4) is 0 Å². The van der Waals surface area contributed by atoms with Crippen molar-refractivity contribution in [2.24, 2.45) is 0 Å². The van der Waals surface area contributed by atoms with Crippen LogP contribution in [0.4, 0.5) is 0 Å². The molecule has 0 aliphatic carbocycles. The van der Waals surface area contributed by atoms with Crippen LogP contribution in [-0.2, 0) is 0 Å². The fourth-order valence-corrected chi connectivity index (χ4v) is 3.38. The van der Waals surface area contributed by atoms with E-state index < -0.39 is 11.6 Å². The molecule has 0 aromatic rings. The number of halogens is 3. The fourth-order valence-electron chi connectivity index (χ4n) is 1.12. The summed E-state index contributed by atoms with van der Waals surface area (Å²) in [5, 5.41) is 1.02. The van der Waals surface area contributed by atoms with E-state index in [1.807, 2.05) is 0 Å². The van der Waals surface area contributed by atoms with Gasteiger partial charge in [-0.05, 0) is 10.3 Å². The molecule has 0 rings (SSSR count). The maximum atomic E-state index is 4.97. The Kier molecular flexibility index (Phi) is 9.51. The Labute approximate surface area is 102 Å². The minimum absolute atomic E-state index is 0.512. The average molecular weight is 325 g/mol. The van der Waals surface area contributed by atoms with Gasteiger partial charge in [0.1, 0.15) is 0 Å². The second-order valence-electron chi connectivity index (χ2n) is 4.84. The summed E-state index contributed by atoms with van der Waals surface area (Å²) in [6.45, 7) is 13.8. The molecule has 0 aromatic carbocycles. The van der Waals surface area contributed by atoms with Crippen molar-refractivity contribution >= 4 is 50.2 Å². The van der Waals surface area contributed by atoms with Crippen molar-refractivity contribution in [1.29, 1.82) is 0 Å². The topological polar surface area (TPSA) is 0 Å². The van der Waals surface area contributed by atoms with Gasteiger partial charge in [0.15, 0.2) is 0 Å². The molecule has 5 heteroatoms. The van der Waals surface area contributed by atoms with E-state index >= 15 is 0 Å². The van der Waals surface area contributed by atoms with Crippen LogP contribution in [0.2, 0.25) is 0 Å². The molecule has 0 unspecified atom stereocenters. The molecule has 0 N–H and O–H groups in total. The van der Waals surface area contributed by atoms with Crippen molar-refractivity contribution in [3.8, 4) is 0 Å². The molecule has 0 nitrogen and oxygen atoms in total. The van der Waals surface area contributed by atoms with Crippen molar-refractivity contribution in [3.05, 3.63) is 0 Å². The van der Waals surface area contributed by atoms with E-state index in [9.17, 15) is 0 Å². The molecule has 0 aromatic heterocycles. The molecule has 0 spiro atoms. The molecule has 0 atom stereocenters. The van der Waals surface area contributed by atoms with Gasteiger partial charge in [0.2, 0.25) is 0 Å². The van der Waals surface area contributed by atoms with Crippen molar-refractivity contribution in [2.45, 2.75) is 51.9 Å². The van der Waals surface area contributed by atoms with E-state index in [1.165, 1.54) is 0 Å². The normalized spacial score (nSPS) is 12.5. The van der Waals surface area contributed by atoms with Gasteiger partial charge in [-0.15, -0.1) is 8.58 Å². The van der Waals surface area contributed by atoms with E-state index in [2.05, 4.69) is 41.5 Å². The van der Waals surface area contributed by atoms with Crippen LogP contribution in [0.1, 0.15) is 41.5 Å². The van der Waals surface area contributed by atoms with E-state index in [1.54, 1.807) is 0 Å². The van der Waals surface area contributed by atoms with Gasteiger partial charge in [0, 0.05) is 0 Å². The zero-order chi connectivity index (χ0) is 11.3. The predicted molar refractivity (Wildman–Crippen MR) is 71.1 cm³/mol. The van der Waals surface area contributed by atoms with Crippen LogP contribution in [0, 0.1) is 0 Å². The Balaban J connectivity index is 0. The molecule has 81 valence electrons. The molecule has 1 radical (unpaired) electrons. The number of hydrogen-bond donors (Lipinski definition) is 0. The van der Waals surface area contributed by atoms with Crippen molar-refractivity contribution in [3.63, 3.8) is 0 Å². The van der Waals surface area contributed by atoms with Crippen LogP contribution < -0.4 is 0 Å². The molecule has 0 heterocycles. The Morgan fingerprint density at radius 3 is 0.923 bits per heavy atom. The number of hydrogen-bond acceptors (Lipinski definition) is 0. The molecular formula is C8H19Cl3GeP. The van der Waals surface area contributed by atoms with Crippen molar-refractivity contribution in [2.75, 3.05) is 0 Å². The third kappa shape index (κ3) is 31.6. The van der Waals surface area contributed by atoms with Gasteiger partial charge in [0.05, 0.1) is 0 Å². The second kappa shape index (κ2) is 7.17. The van der Waals surface area contributed by atoms with Crippen molar-refractivity contribution < 1.29 is 0 Å². The molecule has 0 fully saturated rings. The molecular weight excluding hydrogens is 306 g/mol. The van der Waals surface area contributed by atoms with E-state index in [4.69, 9.17) is 30.0 Å². The summed E-state index contributed by atoms with van der Waals surface area (Å²) in [5.74, 6) is 0. The van der Waals surface area contributed by atoms with Gasteiger partial charge < -0.3 is 0 Å². The van der Waals surface area contributed by atoms with Gasteiger partial charge >= 0.3 is 41.6 Å².